The number of hydrogen-bond acceptors (Lipinski definition) is 2. The maximum Gasteiger partial charge on any atom is 0.511 e. The molecule has 15 heavy (non-hydrogen) atoms. The van der Waals surface area contributed by atoms with E-state index in [4.69, 9.17) is 0 Å². The summed E-state index contributed by atoms with van der Waals surface area (Å²) in [5, 5.41) is 2.43. The fourth-order valence-corrected chi connectivity index (χ4v) is 1.45. The van der Waals surface area contributed by atoms with Gasteiger partial charge in [0, 0.05) is 12.6 Å². The van der Waals surface area contributed by atoms with E-state index >= 15 is 0 Å². The Morgan fingerprint density at radius 1 is 1.33 bits per heavy atom. The summed E-state index contributed by atoms with van der Waals surface area (Å²) in [6, 6.07) is 1.06. The second-order valence-corrected chi connectivity index (χ2v) is 3.40. The third-order valence-corrected chi connectivity index (χ3v) is 2.24. The zero-order valence-electron chi connectivity index (χ0n) is 7.64. The largest absolute Gasteiger partial charge is 0.511 e. The van der Waals surface area contributed by atoms with E-state index in [0.717, 1.165) is 12.3 Å². The summed E-state index contributed by atoms with van der Waals surface area (Å²) >= 11 is 0. The van der Waals surface area contributed by atoms with Gasteiger partial charge in [-0.2, -0.15) is 0 Å². The average Bonchev–Trinajstić information content (AvgIpc) is 2.15. The summed E-state index contributed by atoms with van der Waals surface area (Å²) in [7, 11) is 0. The molecule has 1 N–H and O–H groups in total. The summed E-state index contributed by atoms with van der Waals surface area (Å²) in [4.78, 5) is 14.5. The van der Waals surface area contributed by atoms with Crippen LogP contribution in [-0.2, 0) is 11.2 Å². The van der Waals surface area contributed by atoms with Crippen LogP contribution < -0.4 is 10.8 Å². The van der Waals surface area contributed by atoms with Gasteiger partial charge in [-0.25, -0.2) is 4.98 Å². The molecule has 0 aromatic carbocycles. The van der Waals surface area contributed by atoms with E-state index in [1.165, 1.54) is 0 Å². The molecule has 1 aliphatic rings. The van der Waals surface area contributed by atoms with Crippen LogP contribution in [0.15, 0.2) is 12.3 Å². The SMILES string of the molecule is O=C1CCc2cc([B-](F)(F)F)cnc2N1. The number of nitrogens with zero attached hydrogens (tertiary/aromatic N) is 1. The average molecular weight is 215 g/mol. The van der Waals surface area contributed by atoms with Gasteiger partial charge in [-0.1, -0.05) is 11.5 Å². The Bertz CT molecular complexity index is 419. The fourth-order valence-electron chi connectivity index (χ4n) is 1.45. The molecule has 1 aliphatic heterocycles. The highest BCUT2D eigenvalue weighted by molar-refractivity contribution is 6.73. The lowest BCUT2D eigenvalue weighted by Gasteiger charge is -2.20. The Hall–Kier alpha value is -1.53. The van der Waals surface area contributed by atoms with Crippen molar-refractivity contribution in [1.82, 2.24) is 4.98 Å². The first-order valence-corrected chi connectivity index (χ1v) is 4.45. The van der Waals surface area contributed by atoms with Crippen molar-refractivity contribution in [3.8, 4) is 0 Å². The number of halogens is 3. The number of anilines is 1. The van der Waals surface area contributed by atoms with Crippen LogP contribution in [0.1, 0.15) is 12.0 Å². The number of nitrogens with one attached hydrogen (secondary N) is 1. The molecule has 1 amide bonds. The first-order valence-electron chi connectivity index (χ1n) is 4.45. The van der Waals surface area contributed by atoms with Gasteiger partial charge in [-0.05, 0) is 12.0 Å². The van der Waals surface area contributed by atoms with E-state index in [1.54, 1.807) is 0 Å². The van der Waals surface area contributed by atoms with E-state index in [0.29, 0.717) is 12.0 Å². The van der Waals surface area contributed by atoms with E-state index in [2.05, 4.69) is 10.3 Å². The van der Waals surface area contributed by atoms with Crippen LogP contribution in [0.4, 0.5) is 18.8 Å². The normalized spacial score (nSPS) is 15.8. The van der Waals surface area contributed by atoms with Crippen LogP contribution in [0.25, 0.3) is 0 Å². The van der Waals surface area contributed by atoms with Crippen LogP contribution in [0.5, 0.6) is 0 Å². The van der Waals surface area contributed by atoms with Gasteiger partial charge in [0.15, 0.2) is 0 Å². The zero-order valence-corrected chi connectivity index (χ0v) is 7.64. The van der Waals surface area contributed by atoms with Crippen molar-refractivity contribution in [2.75, 3.05) is 5.32 Å². The molecule has 80 valence electrons. The molecule has 0 atom stereocenters. The van der Waals surface area contributed by atoms with Gasteiger partial charge >= 0.3 is 6.98 Å². The standard InChI is InChI=1S/C8H7BF3N2O/c10-9(11,12)6-3-5-1-2-7(15)14-8(5)13-4-6/h3-4H,1-2H2,(H,13,14,15)/q-1. The summed E-state index contributed by atoms with van der Waals surface area (Å²) < 4.78 is 37.1. The molecule has 1 aromatic heterocycles. The predicted molar refractivity (Wildman–Crippen MR) is 49.9 cm³/mol. The monoisotopic (exact) mass is 215 g/mol. The van der Waals surface area contributed by atoms with E-state index in [1.807, 2.05) is 0 Å². The number of aromatic nitrogens is 1. The van der Waals surface area contributed by atoms with Crippen LogP contribution in [0, 0.1) is 0 Å². The van der Waals surface area contributed by atoms with Crippen molar-refractivity contribution in [2.24, 2.45) is 0 Å². The molecule has 1 aromatic rings. The van der Waals surface area contributed by atoms with Crippen molar-refractivity contribution < 1.29 is 17.7 Å². The van der Waals surface area contributed by atoms with Gasteiger partial charge in [-0.15, -0.1) is 0 Å². The van der Waals surface area contributed by atoms with Crippen molar-refractivity contribution in [1.29, 1.82) is 0 Å². The van der Waals surface area contributed by atoms with Gasteiger partial charge < -0.3 is 18.3 Å². The molecule has 2 heterocycles. The number of pyridine rings is 1. The minimum atomic E-state index is -5.02. The van der Waals surface area contributed by atoms with Crippen LogP contribution in [0.3, 0.4) is 0 Å². The first-order chi connectivity index (χ1) is 6.97. The number of carbonyl (C=O) groups is 1. The van der Waals surface area contributed by atoms with Gasteiger partial charge in [0.2, 0.25) is 5.91 Å². The highest BCUT2D eigenvalue weighted by Crippen LogP contribution is 2.20. The quantitative estimate of drug-likeness (QED) is 0.710. The van der Waals surface area contributed by atoms with Crippen molar-refractivity contribution in [3.05, 3.63) is 17.8 Å². The summed E-state index contributed by atoms with van der Waals surface area (Å²) in [6.45, 7) is -5.02. The van der Waals surface area contributed by atoms with Gasteiger partial charge in [0.05, 0.1) is 0 Å². The molecular weight excluding hydrogens is 208 g/mol. The number of hydrogen-bond donors (Lipinski definition) is 1. The number of amides is 1. The van der Waals surface area contributed by atoms with Gasteiger partial charge in [0.25, 0.3) is 0 Å². The van der Waals surface area contributed by atoms with E-state index < -0.39 is 12.4 Å². The lowest BCUT2D eigenvalue weighted by molar-refractivity contribution is -0.116. The van der Waals surface area contributed by atoms with Crippen molar-refractivity contribution >= 4 is 24.2 Å². The topological polar surface area (TPSA) is 42.0 Å². The predicted octanol–water partition coefficient (Wildman–Crippen LogP) is 1.02. The highest BCUT2D eigenvalue weighted by Gasteiger charge is 2.27. The maximum atomic E-state index is 12.4. The summed E-state index contributed by atoms with van der Waals surface area (Å²) in [5.41, 5.74) is -0.267. The molecule has 0 unspecified atom stereocenters. The lowest BCUT2D eigenvalue weighted by Crippen LogP contribution is -2.35. The molecule has 0 bridgehead atoms. The number of carbonyl (C=O) groups excluding carboxylic acids is 1. The van der Waals surface area contributed by atoms with Crippen LogP contribution in [-0.4, -0.2) is 17.9 Å². The van der Waals surface area contributed by atoms with Crippen molar-refractivity contribution in [2.45, 2.75) is 12.8 Å². The molecule has 7 heteroatoms. The molecule has 3 nitrogen and oxygen atoms in total. The Kier molecular flexibility index (Phi) is 2.17. The van der Waals surface area contributed by atoms with Crippen LogP contribution in [0.2, 0.25) is 0 Å². The second kappa shape index (κ2) is 3.25. The smallest absolute Gasteiger partial charge is 0.445 e. The second-order valence-electron chi connectivity index (χ2n) is 3.40. The van der Waals surface area contributed by atoms with Crippen molar-refractivity contribution in [3.63, 3.8) is 0 Å². The Labute approximate surface area is 83.8 Å². The Morgan fingerprint density at radius 3 is 2.73 bits per heavy atom. The fraction of sp³-hybridized carbons (Fsp3) is 0.250. The molecule has 2 rings (SSSR count). The molecule has 0 fully saturated rings. The molecular formula is C8H7BF3N2O-. The van der Waals surface area contributed by atoms with E-state index in [9.17, 15) is 17.7 Å². The van der Waals surface area contributed by atoms with Gasteiger partial charge in [-0.3, -0.25) is 4.79 Å². The third kappa shape index (κ3) is 1.95. The van der Waals surface area contributed by atoms with Crippen LogP contribution >= 0.6 is 0 Å². The number of fused-ring (bicyclic) bond motifs is 1. The minimum absolute atomic E-state index is 0.208. The third-order valence-electron chi connectivity index (χ3n) is 2.24. The number of aryl methyl sites for hydroxylation is 1. The summed E-state index contributed by atoms with van der Waals surface area (Å²) in [5.74, 6) is 0.0373. The molecule has 0 spiro atoms. The maximum absolute atomic E-state index is 12.4. The lowest BCUT2D eigenvalue weighted by atomic mass is 9.80. The van der Waals surface area contributed by atoms with E-state index in [-0.39, 0.29) is 18.1 Å². The first kappa shape index (κ1) is 10.0. The Balaban J connectivity index is 2.39. The Morgan fingerprint density at radius 2 is 2.07 bits per heavy atom. The molecule has 0 saturated carbocycles. The minimum Gasteiger partial charge on any atom is -0.445 e. The number of rotatable bonds is 1. The summed E-state index contributed by atoms with van der Waals surface area (Å²) in [6.07, 6.45) is 1.28. The molecule has 0 saturated heterocycles. The zero-order chi connectivity index (χ0) is 11.1. The highest BCUT2D eigenvalue weighted by atomic mass is 19.4. The molecule has 0 aliphatic carbocycles. The van der Waals surface area contributed by atoms with Gasteiger partial charge in [0.1, 0.15) is 5.82 Å². The molecule has 0 radical (unpaired) electrons.